The maximum absolute atomic E-state index is 13.0. The average molecular weight is 537 g/mol. The summed E-state index contributed by atoms with van der Waals surface area (Å²) < 4.78 is 7.95. The number of carbonyl (C=O) groups is 1. The van der Waals surface area contributed by atoms with Gasteiger partial charge in [-0.05, 0) is 48.6 Å². The summed E-state index contributed by atoms with van der Waals surface area (Å²) in [6.45, 7) is 19.4. The number of imidazole rings is 1. The number of methoxy groups -OCH3 is 1. The summed E-state index contributed by atoms with van der Waals surface area (Å²) in [6, 6.07) is 4.53. The van der Waals surface area contributed by atoms with Gasteiger partial charge in [0, 0.05) is 53.5 Å². The third-order valence-electron chi connectivity index (χ3n) is 7.53. The van der Waals surface area contributed by atoms with Crippen molar-refractivity contribution in [1.82, 2.24) is 19.4 Å². The van der Waals surface area contributed by atoms with E-state index in [4.69, 9.17) is 9.72 Å². The molecule has 1 saturated heterocycles. The van der Waals surface area contributed by atoms with Crippen molar-refractivity contribution >= 4 is 17.2 Å². The SMILES string of the molecule is CCc1nc(C)cn1CC(=O)N1CCC(c2cnc(-c3cc(C(C)(C)C)c(OC)c(C(C)(C)C)c3)s2)CC1. The quantitative estimate of drug-likeness (QED) is 0.344. The fourth-order valence-corrected chi connectivity index (χ4v) is 6.44. The second-order valence-corrected chi connectivity index (χ2v) is 13.7. The number of likely N-dealkylation sites (tertiary alicyclic amines) is 1. The Bertz CT molecular complexity index is 1250. The van der Waals surface area contributed by atoms with Gasteiger partial charge in [0.1, 0.15) is 23.1 Å². The van der Waals surface area contributed by atoms with Gasteiger partial charge < -0.3 is 14.2 Å². The summed E-state index contributed by atoms with van der Waals surface area (Å²) in [6.07, 6.45) is 6.82. The lowest BCUT2D eigenvalue weighted by Gasteiger charge is -2.31. The number of hydrogen-bond donors (Lipinski definition) is 0. The Hall–Kier alpha value is -2.67. The Labute approximate surface area is 232 Å². The highest BCUT2D eigenvalue weighted by atomic mass is 32.1. The zero-order valence-corrected chi connectivity index (χ0v) is 25.5. The number of aromatic nitrogens is 3. The first-order chi connectivity index (χ1) is 17.8. The molecule has 0 unspecified atom stereocenters. The number of carbonyl (C=O) groups excluding carboxylic acids is 1. The van der Waals surface area contributed by atoms with E-state index in [9.17, 15) is 4.79 Å². The van der Waals surface area contributed by atoms with Crippen molar-refractivity contribution in [2.24, 2.45) is 0 Å². The third kappa shape index (κ3) is 5.98. The van der Waals surface area contributed by atoms with E-state index in [0.29, 0.717) is 12.5 Å². The second kappa shape index (κ2) is 10.8. The van der Waals surface area contributed by atoms with Gasteiger partial charge in [-0.25, -0.2) is 9.97 Å². The summed E-state index contributed by atoms with van der Waals surface area (Å²) in [5, 5.41) is 1.06. The van der Waals surface area contributed by atoms with Gasteiger partial charge in [-0.3, -0.25) is 4.79 Å². The summed E-state index contributed by atoms with van der Waals surface area (Å²) in [7, 11) is 1.78. The van der Waals surface area contributed by atoms with Crippen molar-refractivity contribution in [3.05, 3.63) is 52.0 Å². The Morgan fingerprint density at radius 2 is 1.68 bits per heavy atom. The Morgan fingerprint density at radius 1 is 1.08 bits per heavy atom. The van der Waals surface area contributed by atoms with E-state index in [1.54, 1.807) is 18.4 Å². The van der Waals surface area contributed by atoms with Crippen molar-refractivity contribution in [1.29, 1.82) is 0 Å². The minimum absolute atomic E-state index is 0.0475. The molecule has 2 aromatic heterocycles. The van der Waals surface area contributed by atoms with E-state index in [-0.39, 0.29) is 16.7 Å². The summed E-state index contributed by atoms with van der Waals surface area (Å²) in [4.78, 5) is 25.8. The van der Waals surface area contributed by atoms with Crippen LogP contribution in [0.1, 0.15) is 94.7 Å². The number of hydrogen-bond acceptors (Lipinski definition) is 5. The van der Waals surface area contributed by atoms with E-state index < -0.39 is 0 Å². The van der Waals surface area contributed by atoms with Crippen LogP contribution in [-0.2, 0) is 28.6 Å². The van der Waals surface area contributed by atoms with E-state index in [2.05, 4.69) is 71.8 Å². The lowest BCUT2D eigenvalue weighted by molar-refractivity contribution is -0.132. The fourth-order valence-electron chi connectivity index (χ4n) is 5.37. The molecule has 0 spiro atoms. The first-order valence-corrected chi connectivity index (χ1v) is 14.6. The third-order valence-corrected chi connectivity index (χ3v) is 8.74. The summed E-state index contributed by atoms with van der Waals surface area (Å²) >= 11 is 1.80. The Kier molecular flexibility index (Phi) is 8.08. The zero-order chi connectivity index (χ0) is 27.8. The van der Waals surface area contributed by atoms with Crippen LogP contribution in [0.25, 0.3) is 10.6 Å². The van der Waals surface area contributed by atoms with Gasteiger partial charge in [0.05, 0.1) is 12.8 Å². The molecule has 7 heteroatoms. The highest BCUT2D eigenvalue weighted by Crippen LogP contribution is 2.44. The molecule has 0 bridgehead atoms. The zero-order valence-electron chi connectivity index (χ0n) is 24.6. The maximum Gasteiger partial charge on any atom is 0.242 e. The number of piperidine rings is 1. The number of ether oxygens (including phenoxy) is 1. The number of rotatable bonds is 6. The molecule has 0 N–H and O–H groups in total. The molecule has 1 aromatic carbocycles. The van der Waals surface area contributed by atoms with Gasteiger partial charge in [0.15, 0.2) is 0 Å². The van der Waals surface area contributed by atoms with Crippen LogP contribution in [0.3, 0.4) is 0 Å². The van der Waals surface area contributed by atoms with E-state index in [1.807, 2.05) is 22.6 Å². The van der Waals surface area contributed by atoms with Crippen LogP contribution < -0.4 is 4.74 Å². The van der Waals surface area contributed by atoms with E-state index in [1.165, 1.54) is 16.0 Å². The van der Waals surface area contributed by atoms with Crippen LogP contribution in [-0.4, -0.2) is 45.5 Å². The molecule has 38 heavy (non-hydrogen) atoms. The molecule has 0 radical (unpaired) electrons. The van der Waals surface area contributed by atoms with E-state index >= 15 is 0 Å². The van der Waals surface area contributed by atoms with Crippen molar-refractivity contribution in [3.8, 4) is 16.3 Å². The first kappa shape index (κ1) is 28.3. The van der Waals surface area contributed by atoms with Gasteiger partial charge in [0.25, 0.3) is 0 Å². The largest absolute Gasteiger partial charge is 0.496 e. The minimum atomic E-state index is -0.0475. The number of amides is 1. The van der Waals surface area contributed by atoms with Crippen molar-refractivity contribution in [2.75, 3.05) is 20.2 Å². The van der Waals surface area contributed by atoms with Crippen molar-refractivity contribution < 1.29 is 9.53 Å². The standard InChI is InChI=1S/C31H44N4O2S/c1-10-26-33-20(2)18-35(26)19-27(36)34-13-11-21(12-14-34)25-17-32-29(38-25)22-15-23(30(3,4)5)28(37-9)24(16-22)31(6,7)8/h15-18,21H,10-14,19H2,1-9H3. The molecule has 3 aromatic rings. The van der Waals surface area contributed by atoms with Crippen LogP contribution >= 0.6 is 11.3 Å². The van der Waals surface area contributed by atoms with Crippen LogP contribution in [0.5, 0.6) is 5.75 Å². The molecule has 3 heterocycles. The first-order valence-electron chi connectivity index (χ1n) is 13.8. The molecular weight excluding hydrogens is 492 g/mol. The molecule has 0 aliphatic carbocycles. The number of thiazole rings is 1. The van der Waals surface area contributed by atoms with Crippen LogP contribution in [0, 0.1) is 6.92 Å². The Morgan fingerprint density at radius 3 is 2.21 bits per heavy atom. The lowest BCUT2D eigenvalue weighted by Crippen LogP contribution is -2.39. The Balaban J connectivity index is 1.50. The van der Waals surface area contributed by atoms with Gasteiger partial charge in [-0.1, -0.05) is 48.5 Å². The molecular formula is C31H44N4O2S. The average Bonchev–Trinajstić information content (AvgIpc) is 3.48. The normalized spacial score (nSPS) is 15.2. The monoisotopic (exact) mass is 536 g/mol. The molecule has 1 fully saturated rings. The van der Waals surface area contributed by atoms with Crippen molar-refractivity contribution in [2.45, 2.75) is 97.9 Å². The van der Waals surface area contributed by atoms with Crippen molar-refractivity contribution in [3.63, 3.8) is 0 Å². The number of nitrogens with zero attached hydrogens (tertiary/aromatic N) is 4. The molecule has 206 valence electrons. The minimum Gasteiger partial charge on any atom is -0.496 e. The van der Waals surface area contributed by atoms with Gasteiger partial charge >= 0.3 is 0 Å². The predicted octanol–water partition coefficient (Wildman–Crippen LogP) is 6.89. The number of aryl methyl sites for hydroxylation is 2. The molecule has 6 nitrogen and oxygen atoms in total. The topological polar surface area (TPSA) is 60.2 Å². The highest BCUT2D eigenvalue weighted by Gasteiger charge is 2.29. The van der Waals surface area contributed by atoms with Gasteiger partial charge in [0.2, 0.25) is 5.91 Å². The number of benzene rings is 1. The molecule has 0 saturated carbocycles. The highest BCUT2D eigenvalue weighted by molar-refractivity contribution is 7.15. The van der Waals surface area contributed by atoms with Gasteiger partial charge in [-0.15, -0.1) is 11.3 Å². The maximum atomic E-state index is 13.0. The molecule has 1 amide bonds. The second-order valence-electron chi connectivity index (χ2n) is 12.6. The van der Waals surface area contributed by atoms with Crippen LogP contribution in [0.15, 0.2) is 24.5 Å². The van der Waals surface area contributed by atoms with Crippen LogP contribution in [0.4, 0.5) is 0 Å². The molecule has 1 aliphatic rings. The fraction of sp³-hybridized carbons (Fsp3) is 0.581. The summed E-state index contributed by atoms with van der Waals surface area (Å²) in [5.74, 6) is 2.59. The lowest BCUT2D eigenvalue weighted by atomic mass is 9.78. The molecule has 4 rings (SSSR count). The van der Waals surface area contributed by atoms with E-state index in [0.717, 1.165) is 60.2 Å². The smallest absolute Gasteiger partial charge is 0.242 e. The summed E-state index contributed by atoms with van der Waals surface area (Å²) in [5.41, 5.74) is 4.46. The molecule has 1 aliphatic heterocycles. The predicted molar refractivity (Wildman–Crippen MR) is 156 cm³/mol. The van der Waals surface area contributed by atoms with Crippen LogP contribution in [0.2, 0.25) is 0 Å². The molecule has 0 atom stereocenters. The van der Waals surface area contributed by atoms with Gasteiger partial charge in [-0.2, -0.15) is 0 Å².